The molecule has 168 valence electrons. The minimum atomic E-state index is -4.11. The number of sulfonamides is 1. The Morgan fingerprint density at radius 1 is 0.909 bits per heavy atom. The number of carboxylic acids is 1. The van der Waals surface area contributed by atoms with Gasteiger partial charge in [-0.3, -0.25) is 9.59 Å². The summed E-state index contributed by atoms with van der Waals surface area (Å²) in [5.74, 6) is -1.61. The van der Waals surface area contributed by atoms with Crippen LogP contribution in [0.4, 0.5) is 5.69 Å². The van der Waals surface area contributed by atoms with Gasteiger partial charge in [-0.1, -0.05) is 36.4 Å². The van der Waals surface area contributed by atoms with Gasteiger partial charge in [-0.25, -0.2) is 8.42 Å². The zero-order valence-electron chi connectivity index (χ0n) is 17.4. The fraction of sp³-hybridized carbons (Fsp3) is 0.0833. The number of para-hydroxylation sites is 1. The van der Waals surface area contributed by atoms with Gasteiger partial charge < -0.3 is 15.4 Å². The third-order valence-electron chi connectivity index (χ3n) is 5.15. The molecular weight excluding hydrogens is 442 g/mol. The normalized spacial score (nSPS) is 12.4. The van der Waals surface area contributed by atoms with Crippen LogP contribution in [0.1, 0.15) is 15.9 Å². The van der Waals surface area contributed by atoms with Crippen LogP contribution in [0, 0.1) is 0 Å². The summed E-state index contributed by atoms with van der Waals surface area (Å²) in [7, 11) is -4.11. The summed E-state index contributed by atoms with van der Waals surface area (Å²) in [6, 6.07) is 20.2. The van der Waals surface area contributed by atoms with E-state index in [1.807, 2.05) is 24.3 Å². The number of anilines is 1. The molecule has 0 fully saturated rings. The Hall–Kier alpha value is -3.95. The summed E-state index contributed by atoms with van der Waals surface area (Å²) in [5, 5.41) is 13.1. The number of nitrogens with one attached hydrogen (secondary N) is 3. The predicted molar refractivity (Wildman–Crippen MR) is 125 cm³/mol. The van der Waals surface area contributed by atoms with Crippen LogP contribution in [0.2, 0.25) is 0 Å². The Morgan fingerprint density at radius 3 is 2.27 bits per heavy atom. The fourth-order valence-corrected chi connectivity index (χ4v) is 4.65. The number of aromatic nitrogens is 1. The average molecular weight is 464 g/mol. The van der Waals surface area contributed by atoms with Crippen LogP contribution >= 0.6 is 0 Å². The van der Waals surface area contributed by atoms with Gasteiger partial charge in [-0.15, -0.1) is 0 Å². The molecule has 3 aromatic carbocycles. The highest BCUT2D eigenvalue weighted by Crippen LogP contribution is 2.21. The van der Waals surface area contributed by atoms with E-state index in [9.17, 15) is 23.1 Å². The Bertz CT molecular complexity index is 1400. The number of aliphatic carboxylic acids is 1. The van der Waals surface area contributed by atoms with Crippen molar-refractivity contribution in [1.82, 2.24) is 9.71 Å². The van der Waals surface area contributed by atoms with Gasteiger partial charge in [0.25, 0.3) is 5.91 Å². The molecular formula is C24H21N3O5S. The summed E-state index contributed by atoms with van der Waals surface area (Å²) in [6.07, 6.45) is 1.66. The van der Waals surface area contributed by atoms with E-state index in [4.69, 9.17) is 0 Å². The van der Waals surface area contributed by atoms with Crippen LogP contribution in [0.15, 0.2) is 90.0 Å². The lowest BCUT2D eigenvalue weighted by atomic mass is 10.1. The van der Waals surface area contributed by atoms with Crippen molar-refractivity contribution in [3.05, 3.63) is 96.2 Å². The van der Waals surface area contributed by atoms with Crippen molar-refractivity contribution >= 4 is 38.5 Å². The van der Waals surface area contributed by atoms with E-state index in [2.05, 4.69) is 15.0 Å². The molecule has 4 aromatic rings. The first-order chi connectivity index (χ1) is 15.8. The van der Waals surface area contributed by atoms with E-state index in [0.717, 1.165) is 10.9 Å². The van der Waals surface area contributed by atoms with E-state index >= 15 is 0 Å². The van der Waals surface area contributed by atoms with Crippen molar-refractivity contribution in [2.75, 3.05) is 5.32 Å². The lowest BCUT2D eigenvalue weighted by Crippen LogP contribution is -2.42. The Labute approximate surface area is 190 Å². The Morgan fingerprint density at radius 2 is 1.58 bits per heavy atom. The van der Waals surface area contributed by atoms with Crippen molar-refractivity contribution in [2.45, 2.75) is 17.4 Å². The van der Waals surface area contributed by atoms with E-state index < -0.39 is 22.0 Å². The molecule has 0 aliphatic carbocycles. The van der Waals surface area contributed by atoms with Crippen LogP contribution in [-0.2, 0) is 21.2 Å². The molecule has 1 aromatic heterocycles. The molecule has 1 unspecified atom stereocenters. The van der Waals surface area contributed by atoms with Gasteiger partial charge in [0.1, 0.15) is 6.04 Å². The summed E-state index contributed by atoms with van der Waals surface area (Å²) in [5.41, 5.74) is 2.42. The molecule has 0 radical (unpaired) electrons. The summed E-state index contributed by atoms with van der Waals surface area (Å²) < 4.78 is 27.9. The summed E-state index contributed by atoms with van der Waals surface area (Å²) in [4.78, 5) is 27.0. The van der Waals surface area contributed by atoms with Gasteiger partial charge in [0.2, 0.25) is 10.0 Å². The molecule has 0 aliphatic rings. The second-order valence-electron chi connectivity index (χ2n) is 7.42. The Kier molecular flexibility index (Phi) is 6.25. The number of carbonyl (C=O) groups is 2. The first kappa shape index (κ1) is 22.3. The van der Waals surface area contributed by atoms with Crippen LogP contribution in [0.5, 0.6) is 0 Å². The number of carboxylic acid groups (broad SMARTS) is 1. The highest BCUT2D eigenvalue weighted by Gasteiger charge is 2.26. The number of benzene rings is 3. The average Bonchev–Trinajstić information content (AvgIpc) is 3.22. The standard InChI is InChI=1S/C24H21N3O5S/c28-23(16-6-2-1-3-7-16)26-18-10-12-19(13-11-18)33(31,32)27-22(24(29)30)14-17-15-25-21-9-5-4-8-20(17)21/h1-13,15,22,25,27H,14H2,(H,26,28)(H,29,30). The molecule has 0 saturated heterocycles. The largest absolute Gasteiger partial charge is 0.480 e. The van der Waals surface area contributed by atoms with E-state index in [-0.39, 0.29) is 17.2 Å². The molecule has 0 aliphatic heterocycles. The van der Waals surface area contributed by atoms with Crippen molar-refractivity contribution in [1.29, 1.82) is 0 Å². The van der Waals surface area contributed by atoms with Gasteiger partial charge >= 0.3 is 5.97 Å². The maximum absolute atomic E-state index is 12.8. The maximum atomic E-state index is 12.8. The van der Waals surface area contributed by atoms with Crippen LogP contribution < -0.4 is 10.0 Å². The van der Waals surface area contributed by atoms with E-state index in [1.165, 1.54) is 24.3 Å². The van der Waals surface area contributed by atoms with Crippen molar-refractivity contribution in [3.8, 4) is 0 Å². The predicted octanol–water partition coefficient (Wildman–Crippen LogP) is 3.39. The molecule has 9 heteroatoms. The van der Waals surface area contributed by atoms with Gasteiger partial charge in [-0.2, -0.15) is 4.72 Å². The fourth-order valence-electron chi connectivity index (χ4n) is 3.47. The first-order valence-corrected chi connectivity index (χ1v) is 11.6. The molecule has 1 amide bonds. The van der Waals surface area contributed by atoms with Crippen LogP contribution in [0.25, 0.3) is 10.9 Å². The molecule has 0 spiro atoms. The molecule has 8 nitrogen and oxygen atoms in total. The molecule has 33 heavy (non-hydrogen) atoms. The topological polar surface area (TPSA) is 128 Å². The second kappa shape index (κ2) is 9.27. The number of rotatable bonds is 8. The Balaban J connectivity index is 1.48. The zero-order chi connectivity index (χ0) is 23.4. The summed E-state index contributed by atoms with van der Waals surface area (Å²) in [6.45, 7) is 0. The van der Waals surface area contributed by atoms with Crippen molar-refractivity contribution in [2.24, 2.45) is 0 Å². The monoisotopic (exact) mass is 463 g/mol. The number of H-pyrrole nitrogens is 1. The van der Waals surface area contributed by atoms with Crippen molar-refractivity contribution in [3.63, 3.8) is 0 Å². The lowest BCUT2D eigenvalue weighted by molar-refractivity contribution is -0.138. The molecule has 1 atom stereocenters. The molecule has 0 saturated carbocycles. The van der Waals surface area contributed by atoms with E-state index in [1.54, 1.807) is 36.5 Å². The minimum absolute atomic E-state index is 0.0240. The minimum Gasteiger partial charge on any atom is -0.480 e. The first-order valence-electron chi connectivity index (χ1n) is 10.1. The zero-order valence-corrected chi connectivity index (χ0v) is 18.2. The summed E-state index contributed by atoms with van der Waals surface area (Å²) >= 11 is 0. The number of hydrogen-bond donors (Lipinski definition) is 4. The molecule has 4 rings (SSSR count). The molecule has 0 bridgehead atoms. The number of hydrogen-bond acceptors (Lipinski definition) is 4. The van der Waals surface area contributed by atoms with E-state index in [0.29, 0.717) is 16.8 Å². The van der Waals surface area contributed by atoms with Gasteiger partial charge in [0.15, 0.2) is 0 Å². The third-order valence-corrected chi connectivity index (χ3v) is 6.64. The SMILES string of the molecule is O=C(Nc1ccc(S(=O)(=O)NC(Cc2c[nH]c3ccccc23)C(=O)O)cc1)c1ccccc1. The number of fused-ring (bicyclic) bond motifs is 1. The number of amides is 1. The number of carbonyl (C=O) groups excluding carboxylic acids is 1. The quantitative estimate of drug-likeness (QED) is 0.318. The van der Waals surface area contributed by atoms with Gasteiger partial charge in [-0.05, 0) is 48.0 Å². The molecule has 4 N–H and O–H groups in total. The van der Waals surface area contributed by atoms with Crippen molar-refractivity contribution < 1.29 is 23.1 Å². The highest BCUT2D eigenvalue weighted by atomic mass is 32.2. The highest BCUT2D eigenvalue weighted by molar-refractivity contribution is 7.89. The van der Waals surface area contributed by atoms with Gasteiger partial charge in [0, 0.05) is 34.8 Å². The number of aromatic amines is 1. The second-order valence-corrected chi connectivity index (χ2v) is 9.13. The molecule has 1 heterocycles. The van der Waals surface area contributed by atoms with Crippen LogP contribution in [0.3, 0.4) is 0 Å². The smallest absolute Gasteiger partial charge is 0.322 e. The lowest BCUT2D eigenvalue weighted by Gasteiger charge is -2.15. The maximum Gasteiger partial charge on any atom is 0.322 e. The van der Waals surface area contributed by atoms with Crippen LogP contribution in [-0.4, -0.2) is 36.4 Å². The third kappa shape index (κ3) is 5.11. The van der Waals surface area contributed by atoms with Gasteiger partial charge in [0.05, 0.1) is 4.90 Å².